The molecule has 0 fully saturated rings. The molecule has 1 aromatic rings. The Labute approximate surface area is 192 Å². The van der Waals surface area contributed by atoms with Crippen molar-refractivity contribution in [2.24, 2.45) is 11.3 Å². The highest BCUT2D eigenvalue weighted by atomic mass is 32.2. The molecular formula is C25H36O6S. The van der Waals surface area contributed by atoms with Crippen molar-refractivity contribution >= 4 is 27.4 Å². The zero-order chi connectivity index (χ0) is 24.3. The second-order valence-corrected chi connectivity index (χ2v) is 11.3. The van der Waals surface area contributed by atoms with Gasteiger partial charge in [-0.05, 0) is 69.6 Å². The minimum absolute atomic E-state index is 0.00242. The lowest BCUT2D eigenvalue weighted by Crippen LogP contribution is -2.28. The zero-order valence-electron chi connectivity index (χ0n) is 20.3. The Kier molecular flexibility index (Phi) is 8.45. The van der Waals surface area contributed by atoms with Gasteiger partial charge in [0, 0.05) is 12.8 Å². The summed E-state index contributed by atoms with van der Waals surface area (Å²) in [5.74, 6) is -0.241. The number of rotatable bonds is 8. The van der Waals surface area contributed by atoms with Gasteiger partial charge in [0.15, 0.2) is 5.78 Å². The molecule has 0 radical (unpaired) electrons. The van der Waals surface area contributed by atoms with Gasteiger partial charge in [-0.2, -0.15) is 8.42 Å². The Morgan fingerprint density at radius 1 is 1.09 bits per heavy atom. The first-order chi connectivity index (χ1) is 14.8. The van der Waals surface area contributed by atoms with Crippen molar-refractivity contribution in [1.29, 1.82) is 0 Å². The molecule has 0 saturated heterocycles. The van der Waals surface area contributed by atoms with Gasteiger partial charge in [-0.1, -0.05) is 31.5 Å². The van der Waals surface area contributed by atoms with Crippen molar-refractivity contribution in [3.63, 3.8) is 0 Å². The molecule has 7 heteroatoms. The predicted octanol–water partition coefficient (Wildman–Crippen LogP) is 4.77. The average Bonchev–Trinajstić information content (AvgIpc) is 2.66. The number of ether oxygens (including phenoxy) is 1. The molecule has 0 spiro atoms. The highest BCUT2D eigenvalue weighted by Gasteiger charge is 2.35. The smallest absolute Gasteiger partial charge is 0.316 e. The molecule has 1 unspecified atom stereocenters. The third kappa shape index (κ3) is 6.75. The standard InChI is InChI=1S/C25H36O6S/c1-8-18-12-16(3)13-19(9-2)22(18)23-20(26)14-17(10-11-30-32(7,28)29)15-21(23)31-24(27)25(4,5)6/h12-13,17H,8-11,14-15H2,1-7H3. The number of ketones is 1. The minimum Gasteiger partial charge on any atom is -0.430 e. The number of Topliss-reactive ketones (excluding diaryl/α,β-unsaturated/α-hetero) is 1. The molecule has 1 atom stereocenters. The van der Waals surface area contributed by atoms with Crippen molar-refractivity contribution in [2.75, 3.05) is 12.9 Å². The van der Waals surface area contributed by atoms with Gasteiger partial charge in [0.2, 0.25) is 0 Å². The van der Waals surface area contributed by atoms with Gasteiger partial charge in [0.05, 0.1) is 23.9 Å². The minimum atomic E-state index is -3.55. The lowest BCUT2D eigenvalue weighted by Gasteiger charge is -2.29. The number of hydrogen-bond acceptors (Lipinski definition) is 6. The summed E-state index contributed by atoms with van der Waals surface area (Å²) in [6.45, 7) is 11.5. The van der Waals surface area contributed by atoms with Gasteiger partial charge in [-0.25, -0.2) is 0 Å². The molecule has 1 aliphatic rings. The molecule has 1 aliphatic carbocycles. The van der Waals surface area contributed by atoms with Crippen LogP contribution in [-0.4, -0.2) is 33.0 Å². The number of carbonyl (C=O) groups excluding carboxylic acids is 2. The van der Waals surface area contributed by atoms with Crippen LogP contribution in [0.2, 0.25) is 0 Å². The third-order valence-corrected chi connectivity index (χ3v) is 6.21. The highest BCUT2D eigenvalue weighted by Crippen LogP contribution is 2.39. The number of carbonyl (C=O) groups is 2. The van der Waals surface area contributed by atoms with Crippen LogP contribution in [0.15, 0.2) is 17.9 Å². The summed E-state index contributed by atoms with van der Waals surface area (Å²) in [5.41, 5.74) is 3.92. The Morgan fingerprint density at radius 2 is 1.66 bits per heavy atom. The lowest BCUT2D eigenvalue weighted by atomic mass is 9.79. The van der Waals surface area contributed by atoms with Crippen LogP contribution in [0.4, 0.5) is 0 Å². The van der Waals surface area contributed by atoms with Crippen LogP contribution in [0, 0.1) is 18.3 Å². The van der Waals surface area contributed by atoms with E-state index in [1.165, 1.54) is 0 Å². The summed E-state index contributed by atoms with van der Waals surface area (Å²) < 4.78 is 33.3. The quantitative estimate of drug-likeness (QED) is 0.407. The maximum atomic E-state index is 13.4. The molecule has 6 nitrogen and oxygen atoms in total. The van der Waals surface area contributed by atoms with Crippen LogP contribution < -0.4 is 0 Å². The van der Waals surface area contributed by atoms with Gasteiger partial charge >= 0.3 is 5.97 Å². The number of benzene rings is 1. The van der Waals surface area contributed by atoms with E-state index in [0.717, 1.165) is 41.4 Å². The van der Waals surface area contributed by atoms with Gasteiger partial charge in [-0.3, -0.25) is 13.8 Å². The Morgan fingerprint density at radius 3 is 2.12 bits per heavy atom. The van der Waals surface area contributed by atoms with E-state index in [1.54, 1.807) is 20.8 Å². The first kappa shape index (κ1) is 26.3. The Bertz CT molecular complexity index is 986. The van der Waals surface area contributed by atoms with E-state index in [1.807, 2.05) is 6.92 Å². The van der Waals surface area contributed by atoms with Gasteiger partial charge in [-0.15, -0.1) is 0 Å². The van der Waals surface area contributed by atoms with Gasteiger partial charge in [0.25, 0.3) is 10.1 Å². The van der Waals surface area contributed by atoms with Crippen LogP contribution in [0.5, 0.6) is 0 Å². The third-order valence-electron chi connectivity index (χ3n) is 5.62. The molecule has 0 N–H and O–H groups in total. The van der Waals surface area contributed by atoms with E-state index in [9.17, 15) is 18.0 Å². The number of allylic oxidation sites excluding steroid dienone is 2. The lowest BCUT2D eigenvalue weighted by molar-refractivity contribution is -0.148. The summed E-state index contributed by atoms with van der Waals surface area (Å²) in [4.78, 5) is 26.2. The van der Waals surface area contributed by atoms with Crippen molar-refractivity contribution in [3.05, 3.63) is 40.1 Å². The Balaban J connectivity index is 2.55. The maximum absolute atomic E-state index is 13.4. The molecule has 0 saturated carbocycles. The van der Waals surface area contributed by atoms with E-state index >= 15 is 0 Å². The summed E-state index contributed by atoms with van der Waals surface area (Å²) >= 11 is 0. The second kappa shape index (κ2) is 10.3. The van der Waals surface area contributed by atoms with Crippen molar-refractivity contribution in [3.8, 4) is 0 Å². The largest absolute Gasteiger partial charge is 0.430 e. The monoisotopic (exact) mass is 464 g/mol. The van der Waals surface area contributed by atoms with Crippen LogP contribution in [-0.2, 0) is 41.5 Å². The fourth-order valence-electron chi connectivity index (χ4n) is 3.98. The molecule has 178 valence electrons. The van der Waals surface area contributed by atoms with Crippen molar-refractivity contribution < 1.29 is 26.9 Å². The molecule has 1 aromatic carbocycles. The molecule has 0 amide bonds. The summed E-state index contributed by atoms with van der Waals surface area (Å²) in [6.07, 6.45) is 3.55. The SMILES string of the molecule is CCc1cc(C)cc(CC)c1C1=C(OC(=O)C(C)(C)C)CC(CCOS(C)(=O)=O)CC1=O. The fourth-order valence-corrected chi connectivity index (χ4v) is 4.38. The number of aryl methyl sites for hydroxylation is 3. The second-order valence-electron chi connectivity index (χ2n) is 9.62. The van der Waals surface area contributed by atoms with E-state index in [-0.39, 0.29) is 24.7 Å². The summed E-state index contributed by atoms with van der Waals surface area (Å²) in [7, 11) is -3.55. The number of hydrogen-bond donors (Lipinski definition) is 0. The van der Waals surface area contributed by atoms with E-state index in [4.69, 9.17) is 8.92 Å². The Hall–Kier alpha value is -1.99. The average molecular weight is 465 g/mol. The highest BCUT2D eigenvalue weighted by molar-refractivity contribution is 7.85. The predicted molar refractivity (Wildman–Crippen MR) is 126 cm³/mol. The molecule has 2 rings (SSSR count). The fraction of sp³-hybridized carbons (Fsp3) is 0.600. The molecule has 0 aliphatic heterocycles. The molecule has 0 aromatic heterocycles. The summed E-state index contributed by atoms with van der Waals surface area (Å²) in [5, 5.41) is 0. The van der Waals surface area contributed by atoms with Gasteiger partial charge in [0.1, 0.15) is 5.76 Å². The topological polar surface area (TPSA) is 86.7 Å². The molecule has 32 heavy (non-hydrogen) atoms. The zero-order valence-corrected chi connectivity index (χ0v) is 21.1. The van der Waals surface area contributed by atoms with Crippen LogP contribution in [0.1, 0.15) is 76.1 Å². The normalized spacial score (nSPS) is 17.6. The summed E-state index contributed by atoms with van der Waals surface area (Å²) in [6, 6.07) is 4.17. The van der Waals surface area contributed by atoms with Crippen LogP contribution in [0.3, 0.4) is 0 Å². The van der Waals surface area contributed by atoms with Crippen molar-refractivity contribution in [2.45, 2.75) is 73.6 Å². The van der Waals surface area contributed by atoms with Crippen LogP contribution in [0.25, 0.3) is 5.57 Å². The molecule has 0 heterocycles. The van der Waals surface area contributed by atoms with Crippen LogP contribution >= 0.6 is 0 Å². The van der Waals surface area contributed by atoms with E-state index in [2.05, 4.69) is 26.0 Å². The molecular weight excluding hydrogens is 428 g/mol. The van der Waals surface area contributed by atoms with E-state index in [0.29, 0.717) is 24.2 Å². The van der Waals surface area contributed by atoms with E-state index < -0.39 is 21.5 Å². The number of esters is 1. The molecule has 0 bridgehead atoms. The van der Waals surface area contributed by atoms with Crippen molar-refractivity contribution in [1.82, 2.24) is 0 Å². The first-order valence-electron chi connectivity index (χ1n) is 11.2. The van der Waals surface area contributed by atoms with Gasteiger partial charge < -0.3 is 4.74 Å². The maximum Gasteiger partial charge on any atom is 0.316 e. The first-order valence-corrected chi connectivity index (χ1v) is 13.0.